The molecular weight excluding hydrogens is 287 g/mol. The quantitative estimate of drug-likeness (QED) is 0.846. The van der Waals surface area contributed by atoms with Crippen LogP contribution in [0.5, 0.6) is 5.75 Å². The Labute approximate surface area is 129 Å². The SMILES string of the molecule is COc1ccc(CCC(=O)N2CCN(C(C)=O)CC2)cc1F. The van der Waals surface area contributed by atoms with E-state index in [0.29, 0.717) is 39.0 Å². The van der Waals surface area contributed by atoms with Crippen LogP contribution in [-0.2, 0) is 16.0 Å². The van der Waals surface area contributed by atoms with Gasteiger partial charge in [-0.05, 0) is 24.1 Å². The zero-order chi connectivity index (χ0) is 16.1. The second kappa shape index (κ2) is 7.24. The lowest BCUT2D eigenvalue weighted by molar-refractivity contribution is -0.138. The molecule has 2 amide bonds. The van der Waals surface area contributed by atoms with E-state index >= 15 is 0 Å². The third kappa shape index (κ3) is 3.96. The second-order valence-corrected chi connectivity index (χ2v) is 5.36. The van der Waals surface area contributed by atoms with Crippen molar-refractivity contribution in [3.8, 4) is 5.75 Å². The van der Waals surface area contributed by atoms with Gasteiger partial charge in [-0.3, -0.25) is 9.59 Å². The van der Waals surface area contributed by atoms with Crippen LogP contribution < -0.4 is 4.74 Å². The van der Waals surface area contributed by atoms with Gasteiger partial charge in [-0.25, -0.2) is 4.39 Å². The summed E-state index contributed by atoms with van der Waals surface area (Å²) in [4.78, 5) is 26.9. The van der Waals surface area contributed by atoms with Crippen LogP contribution in [0.3, 0.4) is 0 Å². The first-order chi connectivity index (χ1) is 10.5. The number of methoxy groups -OCH3 is 1. The third-order valence-corrected chi connectivity index (χ3v) is 3.92. The molecule has 1 saturated heterocycles. The molecule has 1 aliphatic heterocycles. The fourth-order valence-corrected chi connectivity index (χ4v) is 2.55. The Hall–Kier alpha value is -2.11. The van der Waals surface area contributed by atoms with E-state index in [2.05, 4.69) is 0 Å². The lowest BCUT2D eigenvalue weighted by atomic mass is 10.1. The highest BCUT2D eigenvalue weighted by Gasteiger charge is 2.21. The number of carbonyl (C=O) groups is 2. The van der Waals surface area contributed by atoms with Crippen molar-refractivity contribution in [2.24, 2.45) is 0 Å². The molecule has 22 heavy (non-hydrogen) atoms. The predicted molar refractivity (Wildman–Crippen MR) is 80.1 cm³/mol. The number of amides is 2. The van der Waals surface area contributed by atoms with Crippen molar-refractivity contribution in [3.05, 3.63) is 29.6 Å². The van der Waals surface area contributed by atoms with Gasteiger partial charge in [-0.15, -0.1) is 0 Å². The molecule has 0 saturated carbocycles. The van der Waals surface area contributed by atoms with Gasteiger partial charge >= 0.3 is 0 Å². The van der Waals surface area contributed by atoms with Crippen molar-refractivity contribution in [3.63, 3.8) is 0 Å². The Morgan fingerprint density at radius 2 is 1.82 bits per heavy atom. The van der Waals surface area contributed by atoms with E-state index in [1.165, 1.54) is 20.1 Å². The molecule has 0 bridgehead atoms. The van der Waals surface area contributed by atoms with E-state index in [-0.39, 0.29) is 17.6 Å². The average molecular weight is 308 g/mol. The van der Waals surface area contributed by atoms with Gasteiger partial charge in [0.1, 0.15) is 0 Å². The van der Waals surface area contributed by atoms with E-state index in [1.807, 2.05) is 0 Å². The van der Waals surface area contributed by atoms with Crippen molar-refractivity contribution in [1.82, 2.24) is 9.80 Å². The number of benzene rings is 1. The first-order valence-electron chi connectivity index (χ1n) is 7.37. The van der Waals surface area contributed by atoms with Gasteiger partial charge in [-0.1, -0.05) is 6.07 Å². The molecule has 0 unspecified atom stereocenters. The largest absolute Gasteiger partial charge is 0.494 e. The fraction of sp³-hybridized carbons (Fsp3) is 0.500. The molecule has 120 valence electrons. The maximum Gasteiger partial charge on any atom is 0.223 e. The lowest BCUT2D eigenvalue weighted by Crippen LogP contribution is -2.50. The topological polar surface area (TPSA) is 49.9 Å². The van der Waals surface area contributed by atoms with E-state index < -0.39 is 5.82 Å². The molecule has 1 fully saturated rings. The first kappa shape index (κ1) is 16.3. The molecule has 1 aromatic carbocycles. The third-order valence-electron chi connectivity index (χ3n) is 3.92. The number of piperazine rings is 1. The standard InChI is InChI=1S/C16H21FN2O3/c1-12(20)18-7-9-19(10-8-18)16(21)6-4-13-3-5-15(22-2)14(17)11-13/h3,5,11H,4,6-10H2,1-2H3. The highest BCUT2D eigenvalue weighted by Crippen LogP contribution is 2.18. The molecule has 6 heteroatoms. The highest BCUT2D eigenvalue weighted by molar-refractivity contribution is 5.77. The molecule has 1 aromatic rings. The molecular formula is C16H21FN2O3. The van der Waals surface area contributed by atoms with Crippen LogP contribution in [0.25, 0.3) is 0 Å². The van der Waals surface area contributed by atoms with E-state index in [4.69, 9.17) is 4.74 Å². The summed E-state index contributed by atoms with van der Waals surface area (Å²) in [5.74, 6) is -0.127. The zero-order valence-electron chi connectivity index (χ0n) is 13.0. The summed E-state index contributed by atoms with van der Waals surface area (Å²) >= 11 is 0. The monoisotopic (exact) mass is 308 g/mol. The van der Waals surface area contributed by atoms with Gasteiger partial charge in [0.05, 0.1) is 7.11 Å². The van der Waals surface area contributed by atoms with Crippen molar-refractivity contribution < 1.29 is 18.7 Å². The van der Waals surface area contributed by atoms with Gasteiger partial charge < -0.3 is 14.5 Å². The van der Waals surface area contributed by atoms with Crippen LogP contribution in [0, 0.1) is 5.82 Å². The van der Waals surface area contributed by atoms with Crippen LogP contribution in [0.1, 0.15) is 18.9 Å². The minimum absolute atomic E-state index is 0.0411. The summed E-state index contributed by atoms with van der Waals surface area (Å²) < 4.78 is 18.5. The van der Waals surface area contributed by atoms with E-state index in [1.54, 1.807) is 21.9 Å². The van der Waals surface area contributed by atoms with Crippen molar-refractivity contribution >= 4 is 11.8 Å². The zero-order valence-corrected chi connectivity index (χ0v) is 13.0. The van der Waals surface area contributed by atoms with E-state index in [0.717, 1.165) is 5.56 Å². The summed E-state index contributed by atoms with van der Waals surface area (Å²) in [7, 11) is 1.42. The maximum absolute atomic E-state index is 13.6. The molecule has 0 radical (unpaired) electrons. The van der Waals surface area contributed by atoms with Gasteiger partial charge in [0, 0.05) is 39.5 Å². The van der Waals surface area contributed by atoms with Crippen LogP contribution in [-0.4, -0.2) is 54.9 Å². The summed E-state index contributed by atoms with van der Waals surface area (Å²) in [6.45, 7) is 3.83. The molecule has 0 aromatic heterocycles. The summed E-state index contributed by atoms with van der Waals surface area (Å²) in [5.41, 5.74) is 0.772. The number of nitrogens with zero attached hydrogens (tertiary/aromatic N) is 2. The Kier molecular flexibility index (Phi) is 5.35. The van der Waals surface area contributed by atoms with Gasteiger partial charge in [0.15, 0.2) is 11.6 Å². The first-order valence-corrected chi connectivity index (χ1v) is 7.37. The molecule has 0 spiro atoms. The summed E-state index contributed by atoms with van der Waals surface area (Å²) in [6, 6.07) is 4.74. The summed E-state index contributed by atoms with van der Waals surface area (Å²) in [5, 5.41) is 0. The van der Waals surface area contributed by atoms with Gasteiger partial charge in [0.25, 0.3) is 0 Å². The number of hydrogen-bond acceptors (Lipinski definition) is 3. The normalized spacial score (nSPS) is 14.9. The molecule has 2 rings (SSSR count). The fourth-order valence-electron chi connectivity index (χ4n) is 2.55. The highest BCUT2D eigenvalue weighted by atomic mass is 19.1. The second-order valence-electron chi connectivity index (χ2n) is 5.36. The van der Waals surface area contributed by atoms with Gasteiger partial charge in [0.2, 0.25) is 11.8 Å². The molecule has 0 N–H and O–H groups in total. The van der Waals surface area contributed by atoms with E-state index in [9.17, 15) is 14.0 Å². The molecule has 5 nitrogen and oxygen atoms in total. The predicted octanol–water partition coefficient (Wildman–Crippen LogP) is 1.46. The Morgan fingerprint density at radius 3 is 2.36 bits per heavy atom. The number of ether oxygens (including phenoxy) is 1. The van der Waals surface area contributed by atoms with Crippen LogP contribution in [0.2, 0.25) is 0 Å². The van der Waals surface area contributed by atoms with Crippen molar-refractivity contribution in [2.75, 3.05) is 33.3 Å². The van der Waals surface area contributed by atoms with Gasteiger partial charge in [-0.2, -0.15) is 0 Å². The summed E-state index contributed by atoms with van der Waals surface area (Å²) in [6.07, 6.45) is 0.832. The number of rotatable bonds is 4. The smallest absolute Gasteiger partial charge is 0.223 e. The molecule has 0 atom stereocenters. The Balaban J connectivity index is 1.83. The lowest BCUT2D eigenvalue weighted by Gasteiger charge is -2.34. The number of carbonyl (C=O) groups excluding carboxylic acids is 2. The minimum atomic E-state index is -0.414. The van der Waals surface area contributed by atoms with Crippen molar-refractivity contribution in [1.29, 1.82) is 0 Å². The molecule has 0 aliphatic carbocycles. The van der Waals surface area contributed by atoms with Crippen LogP contribution in [0.15, 0.2) is 18.2 Å². The number of aryl methyl sites for hydroxylation is 1. The number of hydrogen-bond donors (Lipinski definition) is 0. The Morgan fingerprint density at radius 1 is 1.18 bits per heavy atom. The van der Waals surface area contributed by atoms with Crippen LogP contribution in [0.4, 0.5) is 4.39 Å². The van der Waals surface area contributed by atoms with Crippen LogP contribution >= 0.6 is 0 Å². The number of halogens is 1. The minimum Gasteiger partial charge on any atom is -0.494 e. The average Bonchev–Trinajstić information content (AvgIpc) is 2.52. The molecule has 1 heterocycles. The maximum atomic E-state index is 13.6. The molecule has 1 aliphatic rings. The Bertz CT molecular complexity index is 554. The van der Waals surface area contributed by atoms with Crippen molar-refractivity contribution in [2.45, 2.75) is 19.8 Å².